The molecule has 0 saturated carbocycles. The average molecular weight is 294 g/mol. The molecule has 1 amide bonds. The van der Waals surface area contributed by atoms with Crippen LogP contribution in [0.5, 0.6) is 0 Å². The minimum atomic E-state index is -0.149. The summed E-state index contributed by atoms with van der Waals surface area (Å²) >= 11 is 0. The smallest absolute Gasteiger partial charge is 0.346 e. The standard InChI is InChI=1S/C15H26N4O2/c1-12(2)7-6-9-16-14(20)11-19-15(21)18-10-5-3-4-8-13(18)17-19/h12H,3-11H2,1-2H3,(H,16,20). The number of aromatic nitrogens is 3. The Bertz CT molecular complexity index is 530. The zero-order valence-corrected chi connectivity index (χ0v) is 13.1. The minimum Gasteiger partial charge on any atom is -0.354 e. The predicted octanol–water partition coefficient (Wildman–Crippen LogP) is 1.32. The van der Waals surface area contributed by atoms with Gasteiger partial charge in [-0.2, -0.15) is 5.10 Å². The van der Waals surface area contributed by atoms with E-state index in [1.807, 2.05) is 0 Å². The van der Waals surface area contributed by atoms with Gasteiger partial charge in [0.15, 0.2) is 0 Å². The fourth-order valence-electron chi connectivity index (χ4n) is 2.66. The van der Waals surface area contributed by atoms with Crippen LogP contribution in [0.25, 0.3) is 0 Å². The fraction of sp³-hybridized carbons (Fsp3) is 0.800. The topological polar surface area (TPSA) is 68.9 Å². The lowest BCUT2D eigenvalue weighted by Crippen LogP contribution is -2.34. The molecule has 2 heterocycles. The number of amides is 1. The van der Waals surface area contributed by atoms with E-state index in [1.165, 1.54) is 4.68 Å². The Hall–Kier alpha value is -1.59. The summed E-state index contributed by atoms with van der Waals surface area (Å²) in [6, 6.07) is 0. The van der Waals surface area contributed by atoms with Crippen LogP contribution in [0, 0.1) is 5.92 Å². The molecule has 118 valence electrons. The van der Waals surface area contributed by atoms with Crippen LogP contribution in [0.3, 0.4) is 0 Å². The van der Waals surface area contributed by atoms with Crippen LogP contribution in [-0.2, 0) is 24.3 Å². The van der Waals surface area contributed by atoms with Crippen LogP contribution < -0.4 is 11.0 Å². The summed E-state index contributed by atoms with van der Waals surface area (Å²) in [6.07, 6.45) is 6.12. The Morgan fingerprint density at radius 1 is 1.33 bits per heavy atom. The van der Waals surface area contributed by atoms with Crippen molar-refractivity contribution in [2.24, 2.45) is 5.92 Å². The summed E-state index contributed by atoms with van der Waals surface area (Å²) in [5, 5.41) is 7.17. The Balaban J connectivity index is 1.88. The van der Waals surface area contributed by atoms with E-state index in [1.54, 1.807) is 4.57 Å². The maximum Gasteiger partial charge on any atom is 0.346 e. The monoisotopic (exact) mass is 294 g/mol. The average Bonchev–Trinajstić information content (AvgIpc) is 2.63. The summed E-state index contributed by atoms with van der Waals surface area (Å²) in [7, 11) is 0. The number of nitrogens with zero attached hydrogens (tertiary/aromatic N) is 3. The molecule has 1 aromatic rings. The molecule has 1 N–H and O–H groups in total. The van der Waals surface area contributed by atoms with Gasteiger partial charge in [-0.15, -0.1) is 0 Å². The normalized spacial score (nSPS) is 14.8. The summed E-state index contributed by atoms with van der Waals surface area (Å²) in [6.45, 7) is 5.75. The second-order valence-electron chi connectivity index (χ2n) is 6.20. The molecule has 2 rings (SSSR count). The van der Waals surface area contributed by atoms with E-state index in [0.29, 0.717) is 12.5 Å². The van der Waals surface area contributed by atoms with Crippen molar-refractivity contribution < 1.29 is 4.79 Å². The van der Waals surface area contributed by atoms with Gasteiger partial charge in [0.2, 0.25) is 5.91 Å². The highest BCUT2D eigenvalue weighted by Gasteiger charge is 2.16. The summed E-state index contributed by atoms with van der Waals surface area (Å²) < 4.78 is 3.03. The number of rotatable bonds is 6. The van der Waals surface area contributed by atoms with Gasteiger partial charge in [-0.05, 0) is 31.6 Å². The summed E-state index contributed by atoms with van der Waals surface area (Å²) in [4.78, 5) is 24.1. The van der Waals surface area contributed by atoms with Crippen molar-refractivity contribution in [1.82, 2.24) is 19.7 Å². The van der Waals surface area contributed by atoms with Crippen LogP contribution >= 0.6 is 0 Å². The highest BCUT2D eigenvalue weighted by Crippen LogP contribution is 2.10. The lowest BCUT2D eigenvalue weighted by Gasteiger charge is -2.06. The lowest BCUT2D eigenvalue weighted by molar-refractivity contribution is -0.121. The van der Waals surface area contributed by atoms with Crippen molar-refractivity contribution in [3.8, 4) is 0 Å². The molecule has 1 aromatic heterocycles. The van der Waals surface area contributed by atoms with E-state index in [4.69, 9.17) is 0 Å². The summed E-state index contributed by atoms with van der Waals surface area (Å²) in [5.41, 5.74) is -0.149. The lowest BCUT2D eigenvalue weighted by atomic mass is 10.1. The molecule has 6 nitrogen and oxygen atoms in total. The first-order valence-corrected chi connectivity index (χ1v) is 8.01. The van der Waals surface area contributed by atoms with E-state index in [2.05, 4.69) is 24.3 Å². The van der Waals surface area contributed by atoms with Gasteiger partial charge in [0, 0.05) is 19.5 Å². The molecule has 0 fully saturated rings. The van der Waals surface area contributed by atoms with Gasteiger partial charge in [-0.25, -0.2) is 9.48 Å². The molecule has 0 atom stereocenters. The number of carbonyl (C=O) groups is 1. The molecule has 0 radical (unpaired) electrons. The van der Waals surface area contributed by atoms with E-state index in [9.17, 15) is 9.59 Å². The maximum atomic E-state index is 12.2. The number of carbonyl (C=O) groups excluding carboxylic acids is 1. The molecule has 1 aliphatic rings. The molecule has 0 saturated heterocycles. The zero-order chi connectivity index (χ0) is 15.2. The van der Waals surface area contributed by atoms with Crippen LogP contribution in [0.4, 0.5) is 0 Å². The Morgan fingerprint density at radius 2 is 2.14 bits per heavy atom. The van der Waals surface area contributed by atoms with Gasteiger partial charge < -0.3 is 5.32 Å². The third-order valence-corrected chi connectivity index (χ3v) is 3.86. The molecule has 0 aliphatic carbocycles. The number of hydrogen-bond acceptors (Lipinski definition) is 3. The van der Waals surface area contributed by atoms with E-state index in [0.717, 1.165) is 50.9 Å². The van der Waals surface area contributed by atoms with E-state index < -0.39 is 0 Å². The molecular formula is C15H26N4O2. The maximum absolute atomic E-state index is 12.2. The SMILES string of the molecule is CC(C)CCCNC(=O)Cn1nc2n(c1=O)CCCCC2. The predicted molar refractivity (Wildman–Crippen MR) is 81.1 cm³/mol. The Morgan fingerprint density at radius 3 is 2.90 bits per heavy atom. The van der Waals surface area contributed by atoms with Crippen molar-refractivity contribution >= 4 is 5.91 Å². The largest absolute Gasteiger partial charge is 0.354 e. The van der Waals surface area contributed by atoms with Crippen molar-refractivity contribution in [3.05, 3.63) is 16.3 Å². The minimum absolute atomic E-state index is 0.0283. The highest BCUT2D eigenvalue weighted by molar-refractivity contribution is 5.75. The highest BCUT2D eigenvalue weighted by atomic mass is 16.2. The van der Waals surface area contributed by atoms with Crippen molar-refractivity contribution in [2.45, 2.75) is 65.5 Å². The first-order valence-electron chi connectivity index (χ1n) is 8.01. The number of hydrogen-bond donors (Lipinski definition) is 1. The van der Waals surface area contributed by atoms with E-state index >= 15 is 0 Å². The van der Waals surface area contributed by atoms with Crippen molar-refractivity contribution in [3.63, 3.8) is 0 Å². The Kier molecular flexibility index (Phi) is 5.59. The van der Waals surface area contributed by atoms with Gasteiger partial charge in [0.1, 0.15) is 12.4 Å². The summed E-state index contributed by atoms with van der Waals surface area (Å²) in [5.74, 6) is 1.34. The molecule has 0 spiro atoms. The molecule has 1 aliphatic heterocycles. The number of fused-ring (bicyclic) bond motifs is 1. The van der Waals surface area contributed by atoms with Gasteiger partial charge in [-0.1, -0.05) is 20.3 Å². The van der Waals surface area contributed by atoms with Crippen LogP contribution in [0.1, 0.15) is 51.8 Å². The van der Waals surface area contributed by atoms with Gasteiger partial charge in [0.25, 0.3) is 0 Å². The third kappa shape index (κ3) is 4.44. The quantitative estimate of drug-likeness (QED) is 0.805. The first-order chi connectivity index (χ1) is 10.1. The Labute approximate surface area is 125 Å². The third-order valence-electron chi connectivity index (χ3n) is 3.86. The van der Waals surface area contributed by atoms with Crippen LogP contribution in [0.2, 0.25) is 0 Å². The van der Waals surface area contributed by atoms with Crippen molar-refractivity contribution in [2.75, 3.05) is 6.54 Å². The second-order valence-corrected chi connectivity index (χ2v) is 6.20. The van der Waals surface area contributed by atoms with Crippen LogP contribution in [0.15, 0.2) is 4.79 Å². The van der Waals surface area contributed by atoms with E-state index in [-0.39, 0.29) is 18.1 Å². The molecule has 0 unspecified atom stereocenters. The molecular weight excluding hydrogens is 268 g/mol. The molecule has 21 heavy (non-hydrogen) atoms. The zero-order valence-electron chi connectivity index (χ0n) is 13.1. The molecule has 6 heteroatoms. The molecule has 0 aromatic carbocycles. The second kappa shape index (κ2) is 7.43. The molecule has 0 bridgehead atoms. The van der Waals surface area contributed by atoms with Gasteiger partial charge in [-0.3, -0.25) is 9.36 Å². The number of aryl methyl sites for hydroxylation is 1. The first kappa shape index (κ1) is 15.8. The van der Waals surface area contributed by atoms with Crippen molar-refractivity contribution in [1.29, 1.82) is 0 Å². The van der Waals surface area contributed by atoms with Gasteiger partial charge >= 0.3 is 5.69 Å². The number of nitrogens with one attached hydrogen (secondary N) is 1. The van der Waals surface area contributed by atoms with Crippen LogP contribution in [-0.4, -0.2) is 26.8 Å². The fourth-order valence-corrected chi connectivity index (χ4v) is 2.66. The van der Waals surface area contributed by atoms with Gasteiger partial charge in [0.05, 0.1) is 0 Å².